The molecule has 0 aliphatic carbocycles. The van der Waals surface area contributed by atoms with Gasteiger partial charge >= 0.3 is 0 Å². The number of nitrogens with zero attached hydrogens (tertiary/aromatic N) is 2. The average molecular weight is 264 g/mol. The van der Waals surface area contributed by atoms with Gasteiger partial charge in [0, 0.05) is 6.54 Å². The lowest BCUT2D eigenvalue weighted by atomic mass is 10.1. The van der Waals surface area contributed by atoms with Crippen molar-refractivity contribution in [3.05, 3.63) is 35.4 Å². The summed E-state index contributed by atoms with van der Waals surface area (Å²) in [6, 6.07) is 8.28. The predicted molar refractivity (Wildman–Crippen MR) is 81.4 cm³/mol. The van der Waals surface area contributed by atoms with Crippen LogP contribution in [-0.4, -0.2) is 55.7 Å². The standard InChI is InChI=1S/C16H28N2O/c1-5-14-7-9-15(10-8-14)16(19)13-18(4)12-6-11-17(2)3/h7-10,16,19H,5-6,11-13H2,1-4H3. The summed E-state index contributed by atoms with van der Waals surface area (Å²) in [4.78, 5) is 4.38. The van der Waals surface area contributed by atoms with Crippen LogP contribution in [0.3, 0.4) is 0 Å². The molecule has 3 nitrogen and oxygen atoms in total. The molecule has 0 aromatic heterocycles. The monoisotopic (exact) mass is 264 g/mol. The number of benzene rings is 1. The number of likely N-dealkylation sites (N-methyl/N-ethyl adjacent to an activating group) is 1. The Morgan fingerprint density at radius 2 is 1.68 bits per heavy atom. The van der Waals surface area contributed by atoms with Gasteiger partial charge in [-0.15, -0.1) is 0 Å². The van der Waals surface area contributed by atoms with Crippen molar-refractivity contribution in [2.75, 3.05) is 40.8 Å². The van der Waals surface area contributed by atoms with Gasteiger partial charge in [0.2, 0.25) is 0 Å². The molecule has 0 spiro atoms. The van der Waals surface area contributed by atoms with Crippen molar-refractivity contribution in [1.29, 1.82) is 0 Å². The summed E-state index contributed by atoms with van der Waals surface area (Å²) in [5.41, 5.74) is 2.33. The van der Waals surface area contributed by atoms with Crippen molar-refractivity contribution in [3.8, 4) is 0 Å². The lowest BCUT2D eigenvalue weighted by molar-refractivity contribution is 0.125. The molecular formula is C16H28N2O. The largest absolute Gasteiger partial charge is 0.387 e. The molecule has 0 radical (unpaired) electrons. The number of rotatable bonds is 8. The molecular weight excluding hydrogens is 236 g/mol. The van der Waals surface area contributed by atoms with Gasteiger partial charge < -0.3 is 14.9 Å². The van der Waals surface area contributed by atoms with E-state index in [1.54, 1.807) is 0 Å². The molecule has 0 heterocycles. The van der Waals surface area contributed by atoms with Gasteiger partial charge in [0.25, 0.3) is 0 Å². The summed E-state index contributed by atoms with van der Waals surface area (Å²) < 4.78 is 0. The van der Waals surface area contributed by atoms with Gasteiger partial charge in [-0.05, 0) is 58.2 Å². The molecule has 1 atom stereocenters. The second kappa shape index (κ2) is 8.31. The van der Waals surface area contributed by atoms with Crippen LogP contribution in [-0.2, 0) is 6.42 Å². The Morgan fingerprint density at radius 1 is 1.05 bits per heavy atom. The number of aliphatic hydroxyl groups is 1. The van der Waals surface area contributed by atoms with E-state index in [9.17, 15) is 5.11 Å². The molecule has 3 heteroatoms. The van der Waals surface area contributed by atoms with E-state index in [1.165, 1.54) is 5.56 Å². The van der Waals surface area contributed by atoms with Gasteiger partial charge in [0.15, 0.2) is 0 Å². The molecule has 0 bridgehead atoms. The summed E-state index contributed by atoms with van der Waals surface area (Å²) >= 11 is 0. The first kappa shape index (κ1) is 16.2. The molecule has 1 aromatic rings. The van der Waals surface area contributed by atoms with Gasteiger partial charge in [0.05, 0.1) is 6.10 Å². The topological polar surface area (TPSA) is 26.7 Å². The third-order valence-corrected chi connectivity index (χ3v) is 3.40. The maximum atomic E-state index is 10.2. The first-order valence-corrected chi connectivity index (χ1v) is 7.13. The third-order valence-electron chi connectivity index (χ3n) is 3.40. The van der Waals surface area contributed by atoms with Gasteiger partial charge in [-0.1, -0.05) is 31.2 Å². The molecule has 0 aliphatic heterocycles. The Bertz CT molecular complexity index is 348. The maximum Gasteiger partial charge on any atom is 0.0916 e. The third kappa shape index (κ3) is 6.19. The van der Waals surface area contributed by atoms with E-state index in [1.807, 2.05) is 12.1 Å². The smallest absolute Gasteiger partial charge is 0.0916 e. The van der Waals surface area contributed by atoms with Crippen LogP contribution in [0.1, 0.15) is 30.6 Å². The zero-order chi connectivity index (χ0) is 14.3. The van der Waals surface area contributed by atoms with E-state index in [0.29, 0.717) is 6.54 Å². The maximum absolute atomic E-state index is 10.2. The van der Waals surface area contributed by atoms with Crippen LogP contribution in [0.15, 0.2) is 24.3 Å². The zero-order valence-electron chi connectivity index (χ0n) is 12.8. The lowest BCUT2D eigenvalue weighted by Gasteiger charge is -2.21. The van der Waals surface area contributed by atoms with E-state index in [2.05, 4.69) is 50.0 Å². The second-order valence-electron chi connectivity index (χ2n) is 5.53. The van der Waals surface area contributed by atoms with Crippen molar-refractivity contribution in [3.63, 3.8) is 0 Å². The molecule has 0 amide bonds. The predicted octanol–water partition coefficient (Wildman–Crippen LogP) is 2.17. The van der Waals surface area contributed by atoms with Crippen LogP contribution in [0.25, 0.3) is 0 Å². The fourth-order valence-corrected chi connectivity index (χ4v) is 2.12. The fourth-order valence-electron chi connectivity index (χ4n) is 2.12. The highest BCUT2D eigenvalue weighted by Crippen LogP contribution is 2.15. The van der Waals surface area contributed by atoms with Crippen LogP contribution >= 0.6 is 0 Å². The first-order valence-electron chi connectivity index (χ1n) is 7.13. The van der Waals surface area contributed by atoms with E-state index >= 15 is 0 Å². The van der Waals surface area contributed by atoms with E-state index in [0.717, 1.165) is 31.5 Å². The summed E-state index contributed by atoms with van der Waals surface area (Å²) in [7, 11) is 6.24. The normalized spacial score (nSPS) is 13.2. The van der Waals surface area contributed by atoms with Crippen molar-refractivity contribution in [2.45, 2.75) is 25.9 Å². The summed E-state index contributed by atoms with van der Waals surface area (Å²) in [6.45, 7) is 4.94. The summed E-state index contributed by atoms with van der Waals surface area (Å²) in [5, 5.41) is 10.2. The molecule has 19 heavy (non-hydrogen) atoms. The van der Waals surface area contributed by atoms with E-state index < -0.39 is 6.10 Å². The Balaban J connectivity index is 2.38. The SMILES string of the molecule is CCc1ccc(C(O)CN(C)CCCN(C)C)cc1. The highest BCUT2D eigenvalue weighted by molar-refractivity contribution is 5.24. The summed E-state index contributed by atoms with van der Waals surface area (Å²) in [6.07, 6.45) is 1.78. The number of hydrogen-bond acceptors (Lipinski definition) is 3. The molecule has 1 rings (SSSR count). The Labute approximate surface area is 117 Å². The second-order valence-corrected chi connectivity index (χ2v) is 5.53. The minimum absolute atomic E-state index is 0.393. The number of aryl methyl sites for hydroxylation is 1. The van der Waals surface area contributed by atoms with Crippen LogP contribution in [0.2, 0.25) is 0 Å². The molecule has 108 valence electrons. The molecule has 1 unspecified atom stereocenters. The van der Waals surface area contributed by atoms with Crippen molar-refractivity contribution in [2.24, 2.45) is 0 Å². The van der Waals surface area contributed by atoms with E-state index in [4.69, 9.17) is 0 Å². The molecule has 0 aliphatic rings. The van der Waals surface area contributed by atoms with Gasteiger partial charge in [0.1, 0.15) is 0 Å². The van der Waals surface area contributed by atoms with Gasteiger partial charge in [-0.3, -0.25) is 0 Å². The molecule has 1 aromatic carbocycles. The number of hydrogen-bond donors (Lipinski definition) is 1. The highest BCUT2D eigenvalue weighted by Gasteiger charge is 2.10. The van der Waals surface area contributed by atoms with Crippen LogP contribution in [0.5, 0.6) is 0 Å². The van der Waals surface area contributed by atoms with Crippen LogP contribution in [0, 0.1) is 0 Å². The lowest BCUT2D eigenvalue weighted by Crippen LogP contribution is -2.27. The van der Waals surface area contributed by atoms with Gasteiger partial charge in [-0.25, -0.2) is 0 Å². The highest BCUT2D eigenvalue weighted by atomic mass is 16.3. The van der Waals surface area contributed by atoms with Crippen LogP contribution in [0.4, 0.5) is 0 Å². The van der Waals surface area contributed by atoms with E-state index in [-0.39, 0.29) is 0 Å². The minimum Gasteiger partial charge on any atom is -0.387 e. The summed E-state index contributed by atoms with van der Waals surface area (Å²) in [5.74, 6) is 0. The number of aliphatic hydroxyl groups excluding tert-OH is 1. The van der Waals surface area contributed by atoms with Crippen LogP contribution < -0.4 is 0 Å². The van der Waals surface area contributed by atoms with Crippen molar-refractivity contribution in [1.82, 2.24) is 9.80 Å². The molecule has 0 saturated carbocycles. The molecule has 0 saturated heterocycles. The van der Waals surface area contributed by atoms with Crippen molar-refractivity contribution >= 4 is 0 Å². The quantitative estimate of drug-likeness (QED) is 0.779. The van der Waals surface area contributed by atoms with Crippen molar-refractivity contribution < 1.29 is 5.11 Å². The Morgan fingerprint density at radius 3 is 2.21 bits per heavy atom. The minimum atomic E-state index is -0.393. The van der Waals surface area contributed by atoms with Gasteiger partial charge in [-0.2, -0.15) is 0 Å². The average Bonchev–Trinajstić information content (AvgIpc) is 2.38. The Kier molecular flexibility index (Phi) is 7.06. The first-order chi connectivity index (χ1) is 9.02. The molecule has 1 N–H and O–H groups in total. The molecule has 0 fully saturated rings. The fraction of sp³-hybridized carbons (Fsp3) is 0.625. The zero-order valence-corrected chi connectivity index (χ0v) is 12.8. The Hall–Kier alpha value is -0.900.